The van der Waals surface area contributed by atoms with Crippen molar-refractivity contribution >= 4 is 0 Å². The van der Waals surface area contributed by atoms with E-state index in [9.17, 15) is 5.11 Å². The maximum atomic E-state index is 10.4. The minimum atomic E-state index is -0.439. The summed E-state index contributed by atoms with van der Waals surface area (Å²) < 4.78 is 0. The zero-order valence-corrected chi connectivity index (χ0v) is 13.1. The highest BCUT2D eigenvalue weighted by Crippen LogP contribution is 2.17. The summed E-state index contributed by atoms with van der Waals surface area (Å²) >= 11 is 0. The average molecular weight is 284 g/mol. The number of nitrogens with zero attached hydrogens (tertiary/aromatic N) is 2. The molecular formula is C18H24N2O. The molecule has 0 amide bonds. The average Bonchev–Trinajstić information content (AvgIpc) is 2.45. The first-order chi connectivity index (χ1) is 10.0. The number of aliphatic hydroxyl groups is 1. The summed E-state index contributed by atoms with van der Waals surface area (Å²) in [5.41, 5.74) is 4.67. The van der Waals surface area contributed by atoms with Crippen molar-refractivity contribution in [3.63, 3.8) is 0 Å². The highest BCUT2D eigenvalue weighted by Gasteiger charge is 2.11. The van der Waals surface area contributed by atoms with Crippen molar-refractivity contribution < 1.29 is 5.11 Å². The Morgan fingerprint density at radius 2 is 1.71 bits per heavy atom. The van der Waals surface area contributed by atoms with E-state index in [2.05, 4.69) is 41.9 Å². The third kappa shape index (κ3) is 4.96. The molecule has 0 radical (unpaired) electrons. The lowest BCUT2D eigenvalue weighted by atomic mass is 10.0. The number of hydrogen-bond donors (Lipinski definition) is 1. The normalized spacial score (nSPS) is 12.6. The van der Waals surface area contributed by atoms with Gasteiger partial charge in [-0.3, -0.25) is 4.98 Å². The predicted molar refractivity (Wildman–Crippen MR) is 86.3 cm³/mol. The molecule has 1 aromatic heterocycles. The van der Waals surface area contributed by atoms with Gasteiger partial charge in [0.2, 0.25) is 0 Å². The Hall–Kier alpha value is -1.71. The van der Waals surface area contributed by atoms with Gasteiger partial charge in [0, 0.05) is 25.5 Å². The standard InChI is InChI=1S/C18H24N2O/c1-14-10-15(2)12-17(11-14)18(21)13-20(3)9-6-16-4-7-19-8-5-16/h4-5,7-8,10-12,18,21H,6,9,13H2,1-3H3. The van der Waals surface area contributed by atoms with Crippen LogP contribution in [0.2, 0.25) is 0 Å². The quantitative estimate of drug-likeness (QED) is 0.886. The van der Waals surface area contributed by atoms with Gasteiger partial charge in [-0.1, -0.05) is 29.3 Å². The zero-order chi connectivity index (χ0) is 15.2. The number of hydrogen-bond acceptors (Lipinski definition) is 3. The van der Waals surface area contributed by atoms with E-state index in [0.29, 0.717) is 6.54 Å². The number of rotatable bonds is 6. The largest absolute Gasteiger partial charge is 0.387 e. The molecule has 0 spiro atoms. The molecule has 1 aromatic carbocycles. The van der Waals surface area contributed by atoms with Gasteiger partial charge in [-0.2, -0.15) is 0 Å². The topological polar surface area (TPSA) is 36.4 Å². The molecule has 0 aliphatic heterocycles. The van der Waals surface area contributed by atoms with Gasteiger partial charge in [0.1, 0.15) is 0 Å². The molecule has 21 heavy (non-hydrogen) atoms. The monoisotopic (exact) mass is 284 g/mol. The molecule has 112 valence electrons. The number of aryl methyl sites for hydroxylation is 2. The van der Waals surface area contributed by atoms with Crippen molar-refractivity contribution in [2.24, 2.45) is 0 Å². The number of aliphatic hydroxyl groups excluding tert-OH is 1. The van der Waals surface area contributed by atoms with Gasteiger partial charge in [-0.25, -0.2) is 0 Å². The molecule has 2 rings (SSSR count). The Labute approximate surface area is 127 Å². The minimum absolute atomic E-state index is 0.439. The van der Waals surface area contributed by atoms with Gasteiger partial charge >= 0.3 is 0 Å². The Morgan fingerprint density at radius 3 is 2.33 bits per heavy atom. The molecule has 3 nitrogen and oxygen atoms in total. The first-order valence-electron chi connectivity index (χ1n) is 7.38. The van der Waals surface area contributed by atoms with Crippen LogP contribution in [0.4, 0.5) is 0 Å². The Bertz CT molecular complexity index is 548. The molecule has 1 heterocycles. The fourth-order valence-corrected chi connectivity index (χ4v) is 2.56. The van der Waals surface area contributed by atoms with E-state index in [1.54, 1.807) is 0 Å². The summed E-state index contributed by atoms with van der Waals surface area (Å²) in [5.74, 6) is 0. The van der Waals surface area contributed by atoms with Gasteiger partial charge in [-0.05, 0) is 50.6 Å². The van der Waals surface area contributed by atoms with Crippen molar-refractivity contribution in [2.45, 2.75) is 26.4 Å². The van der Waals surface area contributed by atoms with E-state index in [1.165, 1.54) is 16.7 Å². The van der Waals surface area contributed by atoms with Crippen LogP contribution in [0, 0.1) is 13.8 Å². The van der Waals surface area contributed by atoms with Crippen LogP contribution in [-0.4, -0.2) is 35.1 Å². The summed E-state index contributed by atoms with van der Waals surface area (Å²) in [6.07, 6.45) is 4.17. The van der Waals surface area contributed by atoms with Crippen LogP contribution in [0.15, 0.2) is 42.7 Å². The third-order valence-corrected chi connectivity index (χ3v) is 3.64. The second-order valence-electron chi connectivity index (χ2n) is 5.80. The summed E-state index contributed by atoms with van der Waals surface area (Å²) in [6, 6.07) is 10.3. The molecule has 1 atom stereocenters. The van der Waals surface area contributed by atoms with Gasteiger partial charge in [0.05, 0.1) is 6.10 Å². The van der Waals surface area contributed by atoms with Crippen LogP contribution in [0.3, 0.4) is 0 Å². The van der Waals surface area contributed by atoms with E-state index >= 15 is 0 Å². The second-order valence-corrected chi connectivity index (χ2v) is 5.80. The van der Waals surface area contributed by atoms with Gasteiger partial charge < -0.3 is 10.0 Å². The SMILES string of the molecule is Cc1cc(C)cc(C(O)CN(C)CCc2ccncc2)c1. The Kier molecular flexibility index (Phi) is 5.48. The van der Waals surface area contributed by atoms with Crippen LogP contribution in [-0.2, 0) is 6.42 Å². The second kappa shape index (κ2) is 7.34. The van der Waals surface area contributed by atoms with Gasteiger partial charge in [0.25, 0.3) is 0 Å². The fourth-order valence-electron chi connectivity index (χ4n) is 2.56. The highest BCUT2D eigenvalue weighted by atomic mass is 16.3. The number of aromatic nitrogens is 1. The van der Waals surface area contributed by atoms with E-state index < -0.39 is 6.10 Å². The minimum Gasteiger partial charge on any atom is -0.387 e. The smallest absolute Gasteiger partial charge is 0.0916 e. The van der Waals surface area contributed by atoms with E-state index in [-0.39, 0.29) is 0 Å². The Balaban J connectivity index is 1.88. The third-order valence-electron chi connectivity index (χ3n) is 3.64. The fraction of sp³-hybridized carbons (Fsp3) is 0.389. The van der Waals surface area contributed by atoms with Crippen LogP contribution >= 0.6 is 0 Å². The van der Waals surface area contributed by atoms with E-state index in [4.69, 9.17) is 0 Å². The molecule has 1 unspecified atom stereocenters. The molecule has 0 aliphatic rings. The van der Waals surface area contributed by atoms with Crippen molar-refractivity contribution in [3.8, 4) is 0 Å². The van der Waals surface area contributed by atoms with Crippen molar-refractivity contribution in [3.05, 3.63) is 65.0 Å². The van der Waals surface area contributed by atoms with Gasteiger partial charge in [0.15, 0.2) is 0 Å². The molecule has 0 fully saturated rings. The van der Waals surface area contributed by atoms with Crippen LogP contribution in [0.1, 0.15) is 28.4 Å². The summed E-state index contributed by atoms with van der Waals surface area (Å²) in [4.78, 5) is 6.19. The molecule has 0 saturated carbocycles. The molecule has 2 aromatic rings. The lowest BCUT2D eigenvalue weighted by Gasteiger charge is -2.21. The number of benzene rings is 1. The maximum absolute atomic E-state index is 10.4. The first-order valence-corrected chi connectivity index (χ1v) is 7.38. The molecule has 1 N–H and O–H groups in total. The predicted octanol–water partition coefficient (Wildman–Crippen LogP) is 2.91. The summed E-state index contributed by atoms with van der Waals surface area (Å²) in [6.45, 7) is 5.70. The van der Waals surface area contributed by atoms with Crippen LogP contribution < -0.4 is 0 Å². The summed E-state index contributed by atoms with van der Waals surface area (Å²) in [7, 11) is 2.05. The Morgan fingerprint density at radius 1 is 1.10 bits per heavy atom. The maximum Gasteiger partial charge on any atom is 0.0916 e. The van der Waals surface area contributed by atoms with Crippen LogP contribution in [0.5, 0.6) is 0 Å². The summed E-state index contributed by atoms with van der Waals surface area (Å²) in [5, 5.41) is 10.4. The van der Waals surface area contributed by atoms with Crippen molar-refractivity contribution in [1.82, 2.24) is 9.88 Å². The van der Waals surface area contributed by atoms with Crippen molar-refractivity contribution in [1.29, 1.82) is 0 Å². The van der Waals surface area contributed by atoms with Crippen molar-refractivity contribution in [2.75, 3.05) is 20.1 Å². The lowest BCUT2D eigenvalue weighted by molar-refractivity contribution is 0.127. The molecule has 3 heteroatoms. The molecule has 0 saturated heterocycles. The number of likely N-dealkylation sites (N-methyl/N-ethyl adjacent to an activating group) is 1. The highest BCUT2D eigenvalue weighted by molar-refractivity contribution is 5.30. The van der Waals surface area contributed by atoms with Gasteiger partial charge in [-0.15, -0.1) is 0 Å². The first kappa shape index (κ1) is 15.7. The lowest BCUT2D eigenvalue weighted by Crippen LogP contribution is -2.26. The molecule has 0 bridgehead atoms. The molecular weight excluding hydrogens is 260 g/mol. The number of pyridine rings is 1. The van der Waals surface area contributed by atoms with E-state index in [0.717, 1.165) is 18.5 Å². The molecule has 0 aliphatic carbocycles. The van der Waals surface area contributed by atoms with Crippen LogP contribution in [0.25, 0.3) is 0 Å². The zero-order valence-electron chi connectivity index (χ0n) is 13.1. The van der Waals surface area contributed by atoms with E-state index in [1.807, 2.05) is 31.6 Å².